The predicted octanol–water partition coefficient (Wildman–Crippen LogP) is 2.36. The summed E-state index contributed by atoms with van der Waals surface area (Å²) >= 11 is 0. The molecule has 132 valence electrons. The lowest BCUT2D eigenvalue weighted by molar-refractivity contribution is 0.102. The van der Waals surface area contributed by atoms with Crippen molar-refractivity contribution in [1.29, 1.82) is 0 Å². The van der Waals surface area contributed by atoms with Crippen LogP contribution in [0.2, 0.25) is 0 Å². The fourth-order valence-corrected chi connectivity index (χ4v) is 2.94. The number of pyridine rings is 1. The van der Waals surface area contributed by atoms with Crippen molar-refractivity contribution in [3.8, 4) is 0 Å². The number of aromatic nitrogens is 1. The molecule has 0 unspecified atom stereocenters. The van der Waals surface area contributed by atoms with E-state index in [1.54, 1.807) is 12.3 Å². The van der Waals surface area contributed by atoms with Crippen LogP contribution in [0, 0.1) is 0 Å². The highest BCUT2D eigenvalue weighted by atomic mass is 16.3. The van der Waals surface area contributed by atoms with Crippen LogP contribution in [0.3, 0.4) is 0 Å². The number of piperidine rings is 1. The molecule has 0 aliphatic carbocycles. The lowest BCUT2D eigenvalue weighted by Gasteiger charge is -2.32. The van der Waals surface area contributed by atoms with E-state index < -0.39 is 0 Å². The van der Waals surface area contributed by atoms with E-state index in [1.165, 1.54) is 0 Å². The second kappa shape index (κ2) is 7.53. The predicted molar refractivity (Wildman–Crippen MR) is 100 cm³/mol. The molecular formula is C19H24N4O2. The van der Waals surface area contributed by atoms with Gasteiger partial charge in [0.05, 0.1) is 23.0 Å². The summed E-state index contributed by atoms with van der Waals surface area (Å²) in [6, 6.07) is 11.4. The Kier molecular flexibility index (Phi) is 5.19. The number of hydrogen-bond acceptors (Lipinski definition) is 5. The third-order valence-electron chi connectivity index (χ3n) is 4.43. The van der Waals surface area contributed by atoms with Gasteiger partial charge >= 0.3 is 0 Å². The summed E-state index contributed by atoms with van der Waals surface area (Å²) in [5.74, 6) is 0.631. The number of para-hydroxylation sites is 2. The molecule has 2 N–H and O–H groups in total. The monoisotopic (exact) mass is 340 g/mol. The van der Waals surface area contributed by atoms with Crippen molar-refractivity contribution in [1.82, 2.24) is 4.98 Å². The number of hydrogen-bond donors (Lipinski definition) is 2. The van der Waals surface area contributed by atoms with E-state index >= 15 is 0 Å². The zero-order chi connectivity index (χ0) is 17.8. The van der Waals surface area contributed by atoms with Gasteiger partial charge in [-0.2, -0.15) is 0 Å². The molecule has 1 fully saturated rings. The van der Waals surface area contributed by atoms with Crippen LogP contribution in [0.25, 0.3) is 0 Å². The highest BCUT2D eigenvalue weighted by molar-refractivity contribution is 6.05. The summed E-state index contributed by atoms with van der Waals surface area (Å²) in [7, 11) is 3.82. The number of aliphatic hydroxyl groups excluding tert-OH is 1. The first kappa shape index (κ1) is 17.2. The van der Waals surface area contributed by atoms with Gasteiger partial charge in [-0.1, -0.05) is 12.1 Å². The molecule has 6 nitrogen and oxygen atoms in total. The number of carbonyl (C=O) groups is 1. The Hall–Kier alpha value is -2.60. The van der Waals surface area contributed by atoms with Crippen LogP contribution < -0.4 is 15.1 Å². The summed E-state index contributed by atoms with van der Waals surface area (Å²) in [4.78, 5) is 20.9. The number of anilines is 3. The average molecular weight is 340 g/mol. The van der Waals surface area contributed by atoms with E-state index in [1.807, 2.05) is 49.3 Å². The normalized spacial score (nSPS) is 15.1. The maximum atomic E-state index is 12.6. The first-order valence-electron chi connectivity index (χ1n) is 8.51. The van der Waals surface area contributed by atoms with Gasteiger partial charge in [-0.3, -0.25) is 4.79 Å². The van der Waals surface area contributed by atoms with Gasteiger partial charge in [0.25, 0.3) is 5.91 Å². The molecule has 6 heteroatoms. The van der Waals surface area contributed by atoms with E-state index in [9.17, 15) is 9.90 Å². The molecule has 1 aromatic carbocycles. The fraction of sp³-hybridized carbons (Fsp3) is 0.368. The first-order valence-corrected chi connectivity index (χ1v) is 8.51. The quantitative estimate of drug-likeness (QED) is 0.894. The van der Waals surface area contributed by atoms with Crippen molar-refractivity contribution < 1.29 is 9.90 Å². The summed E-state index contributed by atoms with van der Waals surface area (Å²) < 4.78 is 0. The molecule has 1 amide bonds. The summed E-state index contributed by atoms with van der Waals surface area (Å²) in [6.07, 6.45) is 2.86. The van der Waals surface area contributed by atoms with Crippen LogP contribution >= 0.6 is 0 Å². The maximum absolute atomic E-state index is 12.6. The smallest absolute Gasteiger partial charge is 0.257 e. The summed E-state index contributed by atoms with van der Waals surface area (Å²) in [6.45, 7) is 1.57. The molecule has 1 aliphatic heterocycles. The molecule has 0 radical (unpaired) electrons. The van der Waals surface area contributed by atoms with Gasteiger partial charge in [-0.25, -0.2) is 4.98 Å². The molecule has 0 bridgehead atoms. The average Bonchev–Trinajstić information content (AvgIpc) is 2.63. The van der Waals surface area contributed by atoms with Crippen molar-refractivity contribution in [2.24, 2.45) is 0 Å². The van der Waals surface area contributed by atoms with E-state index in [0.29, 0.717) is 5.56 Å². The number of benzene rings is 1. The van der Waals surface area contributed by atoms with E-state index in [-0.39, 0.29) is 12.0 Å². The standard InChI is InChI=1S/C19H24N4O2/c1-22(2)18-8-7-14(13-20-18)19(25)21-16-5-3-4-6-17(16)23-11-9-15(24)10-12-23/h3-8,13,15,24H,9-12H2,1-2H3,(H,21,25). The molecule has 2 heterocycles. The number of aliphatic hydroxyl groups is 1. The largest absolute Gasteiger partial charge is 0.393 e. The lowest BCUT2D eigenvalue weighted by atomic mass is 10.1. The Morgan fingerprint density at radius 2 is 1.92 bits per heavy atom. The Labute approximate surface area is 148 Å². The van der Waals surface area contributed by atoms with Crippen LogP contribution in [0.1, 0.15) is 23.2 Å². The molecule has 0 saturated carbocycles. The third-order valence-corrected chi connectivity index (χ3v) is 4.43. The molecule has 1 saturated heterocycles. The van der Waals surface area contributed by atoms with Gasteiger partial charge in [0.2, 0.25) is 0 Å². The molecule has 25 heavy (non-hydrogen) atoms. The van der Waals surface area contributed by atoms with Crippen molar-refractivity contribution >= 4 is 23.1 Å². The third kappa shape index (κ3) is 4.09. The maximum Gasteiger partial charge on any atom is 0.257 e. The molecule has 3 rings (SSSR count). The Morgan fingerprint density at radius 3 is 2.56 bits per heavy atom. The van der Waals surface area contributed by atoms with Crippen LogP contribution in [0.4, 0.5) is 17.2 Å². The van der Waals surface area contributed by atoms with Crippen molar-refractivity contribution in [3.63, 3.8) is 0 Å². The van der Waals surface area contributed by atoms with Crippen LogP contribution in [0.5, 0.6) is 0 Å². The number of amides is 1. The van der Waals surface area contributed by atoms with Crippen molar-refractivity contribution in [2.45, 2.75) is 18.9 Å². The van der Waals surface area contributed by atoms with Crippen LogP contribution in [0.15, 0.2) is 42.6 Å². The van der Waals surface area contributed by atoms with E-state index in [2.05, 4.69) is 15.2 Å². The van der Waals surface area contributed by atoms with Gasteiger partial charge in [0.1, 0.15) is 5.82 Å². The van der Waals surface area contributed by atoms with Crippen LogP contribution in [-0.2, 0) is 0 Å². The Balaban J connectivity index is 1.75. The second-order valence-corrected chi connectivity index (χ2v) is 6.49. The van der Waals surface area contributed by atoms with Gasteiger partial charge < -0.3 is 20.2 Å². The van der Waals surface area contributed by atoms with Crippen LogP contribution in [-0.4, -0.2) is 49.3 Å². The SMILES string of the molecule is CN(C)c1ccc(C(=O)Nc2ccccc2N2CCC(O)CC2)cn1. The Bertz CT molecular complexity index is 722. The number of nitrogens with zero attached hydrogens (tertiary/aromatic N) is 3. The summed E-state index contributed by atoms with van der Waals surface area (Å²) in [5, 5.41) is 12.7. The minimum Gasteiger partial charge on any atom is -0.393 e. The molecule has 0 atom stereocenters. The van der Waals surface area contributed by atoms with Crippen molar-refractivity contribution in [3.05, 3.63) is 48.2 Å². The van der Waals surface area contributed by atoms with Gasteiger partial charge in [0, 0.05) is 33.4 Å². The number of carbonyl (C=O) groups excluding carboxylic acids is 1. The molecule has 1 aliphatic rings. The zero-order valence-corrected chi connectivity index (χ0v) is 14.6. The Morgan fingerprint density at radius 1 is 1.20 bits per heavy atom. The minimum absolute atomic E-state index is 0.178. The van der Waals surface area contributed by atoms with Gasteiger partial charge in [-0.05, 0) is 37.1 Å². The second-order valence-electron chi connectivity index (χ2n) is 6.49. The number of rotatable bonds is 4. The highest BCUT2D eigenvalue weighted by Gasteiger charge is 2.20. The van der Waals surface area contributed by atoms with Gasteiger partial charge in [0.15, 0.2) is 0 Å². The lowest BCUT2D eigenvalue weighted by Crippen LogP contribution is -2.36. The minimum atomic E-state index is -0.223. The molecule has 2 aromatic rings. The van der Waals surface area contributed by atoms with E-state index in [0.717, 1.165) is 43.1 Å². The van der Waals surface area contributed by atoms with E-state index in [4.69, 9.17) is 0 Å². The molecule has 1 aromatic heterocycles. The highest BCUT2D eigenvalue weighted by Crippen LogP contribution is 2.28. The topological polar surface area (TPSA) is 68.7 Å². The molecule has 0 spiro atoms. The summed E-state index contributed by atoms with van der Waals surface area (Å²) in [5.41, 5.74) is 2.29. The van der Waals surface area contributed by atoms with Gasteiger partial charge in [-0.15, -0.1) is 0 Å². The molecular weight excluding hydrogens is 316 g/mol. The first-order chi connectivity index (χ1) is 12.0. The van der Waals surface area contributed by atoms with Crippen molar-refractivity contribution in [2.75, 3.05) is 42.3 Å². The number of nitrogens with one attached hydrogen (secondary N) is 1. The fourth-order valence-electron chi connectivity index (χ4n) is 2.94. The zero-order valence-electron chi connectivity index (χ0n) is 14.6.